The molecule has 3 atom stereocenters. The van der Waals surface area contributed by atoms with Gasteiger partial charge in [0.15, 0.2) is 0 Å². The van der Waals surface area contributed by atoms with Gasteiger partial charge in [-0.25, -0.2) is 0 Å². The molecule has 1 aliphatic carbocycles. The zero-order valence-corrected chi connectivity index (χ0v) is 10.4. The predicted octanol–water partition coefficient (Wildman–Crippen LogP) is 1.79. The monoisotopic (exact) mass is 241 g/mol. The van der Waals surface area contributed by atoms with Gasteiger partial charge in [-0.3, -0.25) is 4.79 Å². The van der Waals surface area contributed by atoms with Crippen molar-refractivity contribution in [1.82, 2.24) is 5.32 Å². The second kappa shape index (κ2) is 6.36. The molecule has 0 aromatic rings. The number of carbonyl (C=O) groups is 1. The topological polar surface area (TPSA) is 58.6 Å². The molecule has 2 fully saturated rings. The summed E-state index contributed by atoms with van der Waals surface area (Å²) >= 11 is 0. The standard InChI is InChI=1S/C13H23NO3/c15-13(16)10-3-1-4-12(9-10)14-11-5-2-7-17-8-6-11/h10-12,14H,1-9H2,(H,15,16). The van der Waals surface area contributed by atoms with Crippen molar-refractivity contribution >= 4 is 5.97 Å². The molecule has 1 heterocycles. The van der Waals surface area contributed by atoms with Crippen molar-refractivity contribution in [2.75, 3.05) is 13.2 Å². The molecule has 2 N–H and O–H groups in total. The number of hydrogen-bond acceptors (Lipinski definition) is 3. The predicted molar refractivity (Wildman–Crippen MR) is 65.0 cm³/mol. The Bertz CT molecular complexity index is 249. The highest BCUT2D eigenvalue weighted by atomic mass is 16.5. The van der Waals surface area contributed by atoms with Gasteiger partial charge in [-0.05, 0) is 38.5 Å². The minimum atomic E-state index is -0.624. The van der Waals surface area contributed by atoms with Crippen molar-refractivity contribution in [3.05, 3.63) is 0 Å². The third kappa shape index (κ3) is 3.96. The fourth-order valence-electron chi connectivity index (χ4n) is 2.97. The molecule has 0 aromatic carbocycles. The van der Waals surface area contributed by atoms with Crippen LogP contribution in [0, 0.1) is 5.92 Å². The lowest BCUT2D eigenvalue weighted by Gasteiger charge is -2.30. The van der Waals surface area contributed by atoms with E-state index in [4.69, 9.17) is 9.84 Å². The minimum Gasteiger partial charge on any atom is -0.481 e. The minimum absolute atomic E-state index is 0.136. The van der Waals surface area contributed by atoms with E-state index in [2.05, 4.69) is 5.32 Å². The summed E-state index contributed by atoms with van der Waals surface area (Å²) in [5.41, 5.74) is 0. The van der Waals surface area contributed by atoms with Crippen LogP contribution in [0.4, 0.5) is 0 Å². The maximum absolute atomic E-state index is 11.0. The number of ether oxygens (including phenoxy) is 1. The van der Waals surface area contributed by atoms with Crippen LogP contribution in [-0.2, 0) is 9.53 Å². The Morgan fingerprint density at radius 1 is 1.06 bits per heavy atom. The first-order valence-electron chi connectivity index (χ1n) is 6.82. The molecule has 2 rings (SSSR count). The fourth-order valence-corrected chi connectivity index (χ4v) is 2.97. The van der Waals surface area contributed by atoms with Gasteiger partial charge in [-0.2, -0.15) is 0 Å². The van der Waals surface area contributed by atoms with Crippen LogP contribution in [0.15, 0.2) is 0 Å². The van der Waals surface area contributed by atoms with Crippen LogP contribution >= 0.6 is 0 Å². The highest BCUT2D eigenvalue weighted by Crippen LogP contribution is 2.25. The summed E-state index contributed by atoms with van der Waals surface area (Å²) in [7, 11) is 0. The molecule has 0 bridgehead atoms. The van der Waals surface area contributed by atoms with Gasteiger partial charge in [0.05, 0.1) is 5.92 Å². The SMILES string of the molecule is O=C(O)C1CCCC(NC2CCCOCC2)C1. The van der Waals surface area contributed by atoms with E-state index in [0.717, 1.165) is 58.2 Å². The molecule has 98 valence electrons. The van der Waals surface area contributed by atoms with Crippen LogP contribution in [-0.4, -0.2) is 36.4 Å². The van der Waals surface area contributed by atoms with Gasteiger partial charge < -0.3 is 15.2 Å². The van der Waals surface area contributed by atoms with Gasteiger partial charge in [0, 0.05) is 25.3 Å². The molecular formula is C13H23NO3. The van der Waals surface area contributed by atoms with Crippen LogP contribution in [0.3, 0.4) is 0 Å². The van der Waals surface area contributed by atoms with E-state index in [1.165, 1.54) is 0 Å². The van der Waals surface area contributed by atoms with Crippen LogP contribution in [0.5, 0.6) is 0 Å². The van der Waals surface area contributed by atoms with Gasteiger partial charge in [0.1, 0.15) is 0 Å². The molecule has 3 unspecified atom stereocenters. The Labute approximate surface area is 103 Å². The van der Waals surface area contributed by atoms with Gasteiger partial charge in [0.25, 0.3) is 0 Å². The van der Waals surface area contributed by atoms with Crippen LogP contribution < -0.4 is 5.32 Å². The van der Waals surface area contributed by atoms with Gasteiger partial charge in [-0.15, -0.1) is 0 Å². The van der Waals surface area contributed by atoms with Crippen molar-refractivity contribution in [3.8, 4) is 0 Å². The fraction of sp³-hybridized carbons (Fsp3) is 0.923. The highest BCUT2D eigenvalue weighted by molar-refractivity contribution is 5.70. The Hall–Kier alpha value is -0.610. The molecule has 1 saturated carbocycles. The van der Waals surface area contributed by atoms with Crippen LogP contribution in [0.1, 0.15) is 44.9 Å². The maximum atomic E-state index is 11.0. The summed E-state index contributed by atoms with van der Waals surface area (Å²) < 4.78 is 5.44. The average Bonchev–Trinajstić information content (AvgIpc) is 2.58. The molecule has 0 amide bonds. The molecule has 1 aliphatic heterocycles. The first-order chi connectivity index (χ1) is 8.25. The summed E-state index contributed by atoms with van der Waals surface area (Å²) in [5.74, 6) is -0.760. The molecule has 4 heteroatoms. The van der Waals surface area contributed by atoms with E-state index in [9.17, 15) is 4.79 Å². The van der Waals surface area contributed by atoms with E-state index in [0.29, 0.717) is 12.1 Å². The lowest BCUT2D eigenvalue weighted by molar-refractivity contribution is -0.143. The lowest BCUT2D eigenvalue weighted by atomic mass is 9.85. The molecular weight excluding hydrogens is 218 g/mol. The van der Waals surface area contributed by atoms with E-state index >= 15 is 0 Å². The van der Waals surface area contributed by atoms with E-state index in [1.54, 1.807) is 0 Å². The zero-order valence-electron chi connectivity index (χ0n) is 10.4. The Morgan fingerprint density at radius 2 is 1.88 bits per heavy atom. The second-order valence-corrected chi connectivity index (χ2v) is 5.31. The summed E-state index contributed by atoms with van der Waals surface area (Å²) in [6.45, 7) is 1.72. The third-order valence-corrected chi connectivity index (χ3v) is 3.95. The molecule has 0 radical (unpaired) electrons. The average molecular weight is 241 g/mol. The van der Waals surface area contributed by atoms with E-state index in [-0.39, 0.29) is 5.92 Å². The van der Waals surface area contributed by atoms with Crippen LogP contribution in [0.2, 0.25) is 0 Å². The number of hydrogen-bond donors (Lipinski definition) is 2. The number of nitrogens with one attached hydrogen (secondary N) is 1. The largest absolute Gasteiger partial charge is 0.481 e. The normalized spacial score (nSPS) is 35.2. The Balaban J connectivity index is 1.79. The Kier molecular flexibility index (Phi) is 4.80. The number of carboxylic acids is 1. The summed E-state index contributed by atoms with van der Waals surface area (Å²) in [6.07, 6.45) is 7.15. The summed E-state index contributed by atoms with van der Waals surface area (Å²) in [6, 6.07) is 0.919. The smallest absolute Gasteiger partial charge is 0.306 e. The quantitative estimate of drug-likeness (QED) is 0.791. The molecule has 0 aromatic heterocycles. The molecule has 4 nitrogen and oxygen atoms in total. The van der Waals surface area contributed by atoms with Crippen molar-refractivity contribution < 1.29 is 14.6 Å². The van der Waals surface area contributed by atoms with E-state index in [1.807, 2.05) is 0 Å². The van der Waals surface area contributed by atoms with Crippen molar-refractivity contribution in [2.24, 2.45) is 5.92 Å². The summed E-state index contributed by atoms with van der Waals surface area (Å²) in [5, 5.41) is 12.7. The Morgan fingerprint density at radius 3 is 2.71 bits per heavy atom. The lowest BCUT2D eigenvalue weighted by Crippen LogP contribution is -2.42. The molecule has 1 saturated heterocycles. The number of carboxylic acid groups (broad SMARTS) is 1. The van der Waals surface area contributed by atoms with Gasteiger partial charge >= 0.3 is 5.97 Å². The second-order valence-electron chi connectivity index (χ2n) is 5.31. The first-order valence-corrected chi connectivity index (χ1v) is 6.82. The highest BCUT2D eigenvalue weighted by Gasteiger charge is 2.28. The number of aliphatic carboxylic acids is 1. The molecule has 2 aliphatic rings. The number of rotatable bonds is 3. The third-order valence-electron chi connectivity index (χ3n) is 3.95. The zero-order chi connectivity index (χ0) is 12.1. The first kappa shape index (κ1) is 12.8. The van der Waals surface area contributed by atoms with Crippen molar-refractivity contribution in [2.45, 2.75) is 57.0 Å². The molecule has 17 heavy (non-hydrogen) atoms. The maximum Gasteiger partial charge on any atom is 0.306 e. The molecule has 0 spiro atoms. The van der Waals surface area contributed by atoms with Crippen molar-refractivity contribution in [1.29, 1.82) is 0 Å². The van der Waals surface area contributed by atoms with Crippen LogP contribution in [0.25, 0.3) is 0 Å². The summed E-state index contributed by atoms with van der Waals surface area (Å²) in [4.78, 5) is 11.0. The van der Waals surface area contributed by atoms with E-state index < -0.39 is 5.97 Å². The van der Waals surface area contributed by atoms with Gasteiger partial charge in [-0.1, -0.05) is 6.42 Å². The van der Waals surface area contributed by atoms with Crippen molar-refractivity contribution in [3.63, 3.8) is 0 Å². The van der Waals surface area contributed by atoms with Gasteiger partial charge in [0.2, 0.25) is 0 Å².